The number of amides is 1. The number of carboxylic acid groups (broad SMARTS) is 1. The number of anilines is 1. The summed E-state index contributed by atoms with van der Waals surface area (Å²) >= 11 is 3.24. The molecule has 1 amide bonds. The van der Waals surface area contributed by atoms with Gasteiger partial charge in [-0.2, -0.15) is 0 Å². The first-order valence-electron chi connectivity index (χ1n) is 5.91. The molecule has 1 aromatic carbocycles. The maximum atomic E-state index is 12.1. The highest BCUT2D eigenvalue weighted by molar-refractivity contribution is 9.10. The van der Waals surface area contributed by atoms with Crippen molar-refractivity contribution in [3.63, 3.8) is 0 Å². The van der Waals surface area contributed by atoms with Crippen LogP contribution in [-0.4, -0.2) is 22.5 Å². The number of rotatable bonds is 5. The van der Waals surface area contributed by atoms with Crippen LogP contribution in [0, 0.1) is 0 Å². The van der Waals surface area contributed by atoms with Crippen LogP contribution < -0.4 is 11.1 Å². The first-order valence-corrected chi connectivity index (χ1v) is 6.70. The first-order chi connectivity index (χ1) is 8.77. The van der Waals surface area contributed by atoms with Gasteiger partial charge in [-0.15, -0.1) is 0 Å². The molecule has 104 valence electrons. The molecule has 0 saturated heterocycles. The molecule has 0 aliphatic heterocycles. The fraction of sp³-hybridized carbons (Fsp3) is 0.385. The Morgan fingerprint density at radius 1 is 1.47 bits per heavy atom. The fourth-order valence-corrected chi connectivity index (χ4v) is 2.07. The van der Waals surface area contributed by atoms with E-state index in [2.05, 4.69) is 21.2 Å². The van der Waals surface area contributed by atoms with Gasteiger partial charge in [0, 0.05) is 4.47 Å². The van der Waals surface area contributed by atoms with Gasteiger partial charge >= 0.3 is 5.97 Å². The van der Waals surface area contributed by atoms with E-state index in [1.165, 1.54) is 6.07 Å². The van der Waals surface area contributed by atoms with Crippen LogP contribution in [0.1, 0.15) is 37.0 Å². The second kappa shape index (κ2) is 6.16. The SMILES string of the molecule is CCCC(C)(N)C(=O)Nc1cc(Br)ccc1C(=O)O. The number of nitrogens with one attached hydrogen (secondary N) is 1. The molecule has 6 heteroatoms. The average molecular weight is 329 g/mol. The molecular formula is C13H17BrN2O3. The maximum Gasteiger partial charge on any atom is 0.337 e. The van der Waals surface area contributed by atoms with E-state index in [-0.39, 0.29) is 11.3 Å². The summed E-state index contributed by atoms with van der Waals surface area (Å²) in [7, 11) is 0. The van der Waals surface area contributed by atoms with Gasteiger partial charge in [0.2, 0.25) is 5.91 Å². The van der Waals surface area contributed by atoms with Gasteiger partial charge < -0.3 is 16.2 Å². The Kier molecular flexibility index (Phi) is 5.08. The summed E-state index contributed by atoms with van der Waals surface area (Å²) in [4.78, 5) is 23.2. The minimum Gasteiger partial charge on any atom is -0.478 e. The quantitative estimate of drug-likeness (QED) is 0.774. The Hall–Kier alpha value is -1.40. The van der Waals surface area contributed by atoms with Crippen LogP contribution >= 0.6 is 15.9 Å². The predicted octanol–water partition coefficient (Wildman–Crippen LogP) is 2.60. The Bertz CT molecular complexity index is 501. The molecule has 4 N–H and O–H groups in total. The third-order valence-corrected chi connectivity index (χ3v) is 3.24. The van der Waals surface area contributed by atoms with Crippen molar-refractivity contribution in [3.05, 3.63) is 28.2 Å². The molecule has 1 unspecified atom stereocenters. The zero-order valence-electron chi connectivity index (χ0n) is 10.9. The second-order valence-electron chi connectivity index (χ2n) is 4.62. The minimum absolute atomic E-state index is 0.0313. The van der Waals surface area contributed by atoms with Gasteiger partial charge in [-0.1, -0.05) is 29.3 Å². The lowest BCUT2D eigenvalue weighted by Gasteiger charge is -2.23. The Morgan fingerprint density at radius 3 is 2.63 bits per heavy atom. The summed E-state index contributed by atoms with van der Waals surface area (Å²) in [6.45, 7) is 3.56. The van der Waals surface area contributed by atoms with E-state index in [0.717, 1.165) is 6.42 Å². The molecule has 0 heterocycles. The van der Waals surface area contributed by atoms with E-state index in [1.807, 2.05) is 6.92 Å². The molecule has 0 fully saturated rings. The zero-order chi connectivity index (χ0) is 14.6. The van der Waals surface area contributed by atoms with Crippen LogP contribution in [0.3, 0.4) is 0 Å². The molecule has 0 radical (unpaired) electrons. The lowest BCUT2D eigenvalue weighted by molar-refractivity contribution is -0.120. The molecule has 0 spiro atoms. The minimum atomic E-state index is -1.10. The number of hydrogen-bond donors (Lipinski definition) is 3. The molecule has 5 nitrogen and oxygen atoms in total. The van der Waals surface area contributed by atoms with Crippen molar-refractivity contribution in [2.45, 2.75) is 32.2 Å². The summed E-state index contributed by atoms with van der Waals surface area (Å²) < 4.78 is 0.682. The van der Waals surface area contributed by atoms with Gasteiger partial charge in [0.15, 0.2) is 0 Å². The van der Waals surface area contributed by atoms with Gasteiger partial charge in [-0.3, -0.25) is 4.79 Å². The molecule has 19 heavy (non-hydrogen) atoms. The number of benzene rings is 1. The highest BCUT2D eigenvalue weighted by atomic mass is 79.9. The Morgan fingerprint density at radius 2 is 2.11 bits per heavy atom. The van der Waals surface area contributed by atoms with E-state index >= 15 is 0 Å². The Labute approximate surface area is 120 Å². The summed E-state index contributed by atoms with van der Waals surface area (Å²) in [6.07, 6.45) is 1.29. The predicted molar refractivity (Wildman–Crippen MR) is 77.2 cm³/mol. The normalized spacial score (nSPS) is 13.7. The maximum absolute atomic E-state index is 12.1. The van der Waals surface area contributed by atoms with Gasteiger partial charge in [0.25, 0.3) is 0 Å². The molecule has 0 aromatic heterocycles. The average Bonchev–Trinajstić information content (AvgIpc) is 2.28. The second-order valence-corrected chi connectivity index (χ2v) is 5.53. The van der Waals surface area contributed by atoms with Crippen LogP contribution in [0.2, 0.25) is 0 Å². The smallest absolute Gasteiger partial charge is 0.337 e. The van der Waals surface area contributed by atoms with Crippen LogP contribution in [0.5, 0.6) is 0 Å². The van der Waals surface area contributed by atoms with Crippen LogP contribution in [0.4, 0.5) is 5.69 Å². The van der Waals surface area contributed by atoms with E-state index in [1.54, 1.807) is 19.1 Å². The van der Waals surface area contributed by atoms with Crippen molar-refractivity contribution in [3.8, 4) is 0 Å². The van der Waals surface area contributed by atoms with Crippen LogP contribution in [-0.2, 0) is 4.79 Å². The van der Waals surface area contributed by atoms with Crippen LogP contribution in [0.25, 0.3) is 0 Å². The highest BCUT2D eigenvalue weighted by Crippen LogP contribution is 2.23. The Balaban J connectivity index is 3.02. The van der Waals surface area contributed by atoms with Crippen molar-refractivity contribution in [1.29, 1.82) is 0 Å². The molecule has 0 saturated carbocycles. The molecule has 1 rings (SSSR count). The van der Waals surface area contributed by atoms with Crippen molar-refractivity contribution in [2.75, 3.05) is 5.32 Å². The van der Waals surface area contributed by atoms with E-state index in [9.17, 15) is 9.59 Å². The van der Waals surface area contributed by atoms with Gasteiger partial charge in [0.1, 0.15) is 0 Å². The van der Waals surface area contributed by atoms with E-state index in [0.29, 0.717) is 10.9 Å². The number of carbonyl (C=O) groups excluding carboxylic acids is 1. The van der Waals surface area contributed by atoms with Crippen molar-refractivity contribution in [1.82, 2.24) is 0 Å². The van der Waals surface area contributed by atoms with Crippen molar-refractivity contribution in [2.24, 2.45) is 5.73 Å². The van der Waals surface area contributed by atoms with Crippen LogP contribution in [0.15, 0.2) is 22.7 Å². The topological polar surface area (TPSA) is 92.4 Å². The molecule has 1 atom stereocenters. The summed E-state index contributed by atoms with van der Waals surface area (Å²) in [6, 6.07) is 4.58. The zero-order valence-corrected chi connectivity index (χ0v) is 12.5. The highest BCUT2D eigenvalue weighted by Gasteiger charge is 2.28. The first kappa shape index (κ1) is 15.7. The van der Waals surface area contributed by atoms with E-state index in [4.69, 9.17) is 10.8 Å². The van der Waals surface area contributed by atoms with Crippen molar-refractivity contribution < 1.29 is 14.7 Å². The molecular weight excluding hydrogens is 312 g/mol. The number of carboxylic acids is 1. The third-order valence-electron chi connectivity index (χ3n) is 2.75. The van der Waals surface area contributed by atoms with Gasteiger partial charge in [-0.05, 0) is 31.5 Å². The number of carbonyl (C=O) groups is 2. The standard InChI is InChI=1S/C13H17BrN2O3/c1-3-6-13(2,15)12(19)16-10-7-8(14)4-5-9(10)11(17)18/h4-5,7H,3,6,15H2,1-2H3,(H,16,19)(H,17,18). The summed E-state index contributed by atoms with van der Waals surface area (Å²) in [5.41, 5.74) is 5.16. The molecule has 0 aliphatic rings. The molecule has 0 aliphatic carbocycles. The summed E-state index contributed by atoms with van der Waals surface area (Å²) in [5.74, 6) is -1.49. The lowest BCUT2D eigenvalue weighted by atomic mass is 9.96. The fourth-order valence-electron chi connectivity index (χ4n) is 1.70. The molecule has 1 aromatic rings. The van der Waals surface area contributed by atoms with E-state index < -0.39 is 17.4 Å². The largest absolute Gasteiger partial charge is 0.478 e. The number of halogens is 1. The summed E-state index contributed by atoms with van der Waals surface area (Å²) in [5, 5.41) is 11.7. The number of hydrogen-bond acceptors (Lipinski definition) is 3. The monoisotopic (exact) mass is 328 g/mol. The third kappa shape index (κ3) is 4.04. The number of nitrogens with two attached hydrogens (primary N) is 1. The van der Waals surface area contributed by atoms with Gasteiger partial charge in [-0.25, -0.2) is 4.79 Å². The number of aromatic carboxylic acids is 1. The van der Waals surface area contributed by atoms with Crippen molar-refractivity contribution >= 4 is 33.5 Å². The lowest BCUT2D eigenvalue weighted by Crippen LogP contribution is -2.48. The molecule has 0 bridgehead atoms. The van der Waals surface area contributed by atoms with Gasteiger partial charge in [0.05, 0.1) is 16.8 Å².